The molecule has 15 heteroatoms. The number of anilines is 1. The van der Waals surface area contributed by atoms with Crippen molar-refractivity contribution >= 4 is 69.6 Å². The molecule has 0 bridgehead atoms. The molecular weight excluding hydrogens is 559 g/mol. The fraction of sp³-hybridized carbons (Fsp3) is 0.304. The Bertz CT molecular complexity index is 1310. The molecule has 2 atom stereocenters. The SMILES string of the molecule is Nc1nc(/C(=N\OC2CC2)C(=O)N[C@@H]2C(=O)N3C(C(=O)[O-])=C(CS/C=C\c4cccnc4)CS[C@H]23)cs1.[Na+]. The Balaban J connectivity index is 0.00000336. The third kappa shape index (κ3) is 6.43. The van der Waals surface area contributed by atoms with Crippen molar-refractivity contribution in [2.45, 2.75) is 30.4 Å². The van der Waals surface area contributed by atoms with E-state index in [2.05, 4.69) is 20.4 Å². The molecule has 2 aliphatic heterocycles. The summed E-state index contributed by atoms with van der Waals surface area (Å²) in [4.78, 5) is 52.7. The number of rotatable bonds is 10. The number of fused-ring (bicyclic) bond motifs is 1. The van der Waals surface area contributed by atoms with Gasteiger partial charge in [0.05, 0.1) is 11.7 Å². The number of aromatic nitrogens is 2. The predicted octanol–water partition coefficient (Wildman–Crippen LogP) is -2.18. The van der Waals surface area contributed by atoms with Gasteiger partial charge in [-0.3, -0.25) is 19.5 Å². The van der Waals surface area contributed by atoms with Crippen LogP contribution in [0.1, 0.15) is 24.1 Å². The van der Waals surface area contributed by atoms with Crippen LogP contribution in [-0.2, 0) is 19.2 Å². The van der Waals surface area contributed by atoms with E-state index in [4.69, 9.17) is 10.6 Å². The molecule has 3 aliphatic rings. The second kappa shape index (κ2) is 12.7. The summed E-state index contributed by atoms with van der Waals surface area (Å²) < 4.78 is 0. The van der Waals surface area contributed by atoms with E-state index in [9.17, 15) is 19.5 Å². The van der Waals surface area contributed by atoms with Gasteiger partial charge in [-0.25, -0.2) is 4.98 Å². The molecule has 2 aromatic rings. The number of carboxylic acids is 1. The van der Waals surface area contributed by atoms with Crippen molar-refractivity contribution in [1.82, 2.24) is 20.2 Å². The fourth-order valence-electron chi connectivity index (χ4n) is 3.64. The number of nitrogens with zero attached hydrogens (tertiary/aromatic N) is 4. The van der Waals surface area contributed by atoms with Crippen molar-refractivity contribution in [3.05, 3.63) is 57.8 Å². The Kier molecular flexibility index (Phi) is 9.54. The number of aliphatic carboxylic acids is 1. The second-order valence-corrected chi connectivity index (χ2v) is 11.2. The molecule has 192 valence electrons. The van der Waals surface area contributed by atoms with Gasteiger partial charge in [-0.1, -0.05) is 11.2 Å². The average molecular weight is 581 g/mol. The van der Waals surface area contributed by atoms with E-state index in [1.807, 2.05) is 23.6 Å². The van der Waals surface area contributed by atoms with Crippen LogP contribution in [0, 0.1) is 0 Å². The topological polar surface area (TPSA) is 163 Å². The number of amides is 2. The van der Waals surface area contributed by atoms with Crippen LogP contribution in [0.3, 0.4) is 0 Å². The van der Waals surface area contributed by atoms with Crippen molar-refractivity contribution in [2.75, 3.05) is 17.2 Å². The summed E-state index contributed by atoms with van der Waals surface area (Å²) >= 11 is 3.94. The number of thiazole rings is 1. The Labute approximate surface area is 252 Å². The number of oxime groups is 1. The predicted molar refractivity (Wildman–Crippen MR) is 140 cm³/mol. The first-order valence-corrected chi connectivity index (χ1v) is 14.2. The molecular formula is C23H21N6NaO5S3. The van der Waals surface area contributed by atoms with E-state index in [0.717, 1.165) is 29.7 Å². The number of pyridine rings is 1. The van der Waals surface area contributed by atoms with Gasteiger partial charge in [-0.15, -0.1) is 34.9 Å². The van der Waals surface area contributed by atoms with Crippen molar-refractivity contribution in [1.29, 1.82) is 0 Å². The maximum atomic E-state index is 13.0. The minimum atomic E-state index is -1.42. The molecule has 1 saturated carbocycles. The fourth-order valence-corrected chi connectivity index (χ4v) is 6.46. The Hall–Kier alpha value is -2.36. The molecule has 2 amide bonds. The number of nitrogens with one attached hydrogen (secondary N) is 1. The van der Waals surface area contributed by atoms with Crippen LogP contribution >= 0.6 is 34.9 Å². The number of carboxylic acid groups (broad SMARTS) is 1. The third-order valence-electron chi connectivity index (χ3n) is 5.62. The van der Waals surface area contributed by atoms with E-state index in [-0.39, 0.29) is 57.9 Å². The van der Waals surface area contributed by atoms with Crippen LogP contribution in [0.2, 0.25) is 0 Å². The van der Waals surface area contributed by atoms with Gasteiger partial charge >= 0.3 is 29.6 Å². The summed E-state index contributed by atoms with van der Waals surface area (Å²) in [6.07, 6.45) is 6.93. The molecule has 2 aromatic heterocycles. The summed E-state index contributed by atoms with van der Waals surface area (Å²) in [7, 11) is 0. The largest absolute Gasteiger partial charge is 1.00 e. The molecule has 11 nitrogen and oxygen atoms in total. The monoisotopic (exact) mass is 580 g/mol. The van der Waals surface area contributed by atoms with Gasteiger partial charge in [0.15, 0.2) is 10.8 Å². The molecule has 0 unspecified atom stereocenters. The number of nitrogen functional groups attached to an aromatic ring is 1. The van der Waals surface area contributed by atoms with Gasteiger partial charge in [0, 0.05) is 29.3 Å². The number of β-lactam (4-membered cyclic amide) rings is 1. The van der Waals surface area contributed by atoms with Gasteiger partial charge in [0.2, 0.25) is 0 Å². The van der Waals surface area contributed by atoms with Gasteiger partial charge < -0.3 is 25.8 Å². The van der Waals surface area contributed by atoms with E-state index < -0.39 is 29.2 Å². The molecule has 1 aliphatic carbocycles. The van der Waals surface area contributed by atoms with Crippen LogP contribution in [-0.4, -0.2) is 67.4 Å². The Morgan fingerprint density at radius 2 is 2.21 bits per heavy atom. The first-order chi connectivity index (χ1) is 17.9. The van der Waals surface area contributed by atoms with Gasteiger partial charge in [-0.2, -0.15) is 0 Å². The van der Waals surface area contributed by atoms with Gasteiger partial charge in [-0.05, 0) is 41.5 Å². The van der Waals surface area contributed by atoms with E-state index in [1.165, 1.54) is 28.4 Å². The number of carbonyl (C=O) groups excluding carboxylic acids is 3. The minimum absolute atomic E-state index is 0. The van der Waals surface area contributed by atoms with Gasteiger partial charge in [0.25, 0.3) is 11.8 Å². The maximum Gasteiger partial charge on any atom is 1.00 e. The van der Waals surface area contributed by atoms with E-state index in [0.29, 0.717) is 17.1 Å². The Morgan fingerprint density at radius 1 is 1.39 bits per heavy atom. The molecule has 1 saturated heterocycles. The number of nitrogens with two attached hydrogens (primary N) is 1. The zero-order valence-corrected chi connectivity index (χ0v) is 24.7. The molecule has 0 radical (unpaired) electrons. The summed E-state index contributed by atoms with van der Waals surface area (Å²) in [5.74, 6) is -1.84. The van der Waals surface area contributed by atoms with Crippen molar-refractivity contribution in [2.24, 2.45) is 5.16 Å². The van der Waals surface area contributed by atoms with Gasteiger partial charge in [0.1, 0.15) is 23.2 Å². The smallest absolute Gasteiger partial charge is 0.543 e. The molecule has 38 heavy (non-hydrogen) atoms. The van der Waals surface area contributed by atoms with Crippen LogP contribution in [0.15, 0.2) is 51.7 Å². The average Bonchev–Trinajstić information content (AvgIpc) is 3.63. The van der Waals surface area contributed by atoms with E-state index >= 15 is 0 Å². The molecule has 2 fully saturated rings. The van der Waals surface area contributed by atoms with Crippen LogP contribution in [0.25, 0.3) is 6.08 Å². The second-order valence-electron chi connectivity index (χ2n) is 8.32. The summed E-state index contributed by atoms with van der Waals surface area (Å²) in [6.45, 7) is 0. The summed E-state index contributed by atoms with van der Waals surface area (Å²) in [5, 5.41) is 21.7. The first-order valence-electron chi connectivity index (χ1n) is 11.2. The Morgan fingerprint density at radius 3 is 2.87 bits per heavy atom. The van der Waals surface area contributed by atoms with Crippen molar-refractivity contribution in [3.63, 3.8) is 0 Å². The summed E-state index contributed by atoms with van der Waals surface area (Å²) in [6, 6.07) is 2.81. The standard InChI is InChI=1S/C23H22N6O5S3.Na/c24-23-26-15(11-37-23)16(28-34-14-3-4-14)19(30)27-17-20(31)29-18(22(32)33)13(10-36-21(17)29)9-35-7-5-12-2-1-6-25-8-12;/h1-2,5-8,11,14,17,21H,3-4,9-10H2,(H2,24,26)(H,27,30)(H,32,33);/q;+1/p-1/b7-5-,28-16+;/t17-,21-;/m1./s1. The molecule has 0 spiro atoms. The van der Waals surface area contributed by atoms with Crippen LogP contribution in [0.4, 0.5) is 5.13 Å². The summed E-state index contributed by atoms with van der Waals surface area (Å²) in [5.41, 5.74) is 7.23. The third-order valence-corrected chi connectivity index (χ3v) is 8.48. The van der Waals surface area contributed by atoms with Crippen molar-refractivity contribution < 1.29 is 53.9 Å². The molecule has 0 aromatic carbocycles. The first kappa shape index (κ1) is 28.6. The molecule has 4 heterocycles. The number of thioether (sulfide) groups is 2. The number of hydrogen-bond acceptors (Lipinski definition) is 12. The van der Waals surface area contributed by atoms with Crippen LogP contribution < -0.4 is 45.7 Å². The van der Waals surface area contributed by atoms with E-state index in [1.54, 1.807) is 17.8 Å². The number of carbonyl (C=O) groups is 3. The molecule has 3 N–H and O–H groups in total. The molecule has 5 rings (SSSR count). The number of hydrogen-bond donors (Lipinski definition) is 2. The zero-order chi connectivity index (χ0) is 25.9. The van der Waals surface area contributed by atoms with Crippen molar-refractivity contribution in [3.8, 4) is 0 Å². The maximum absolute atomic E-state index is 13.0. The zero-order valence-electron chi connectivity index (χ0n) is 20.2. The minimum Gasteiger partial charge on any atom is -0.543 e. The normalized spacial score (nSPS) is 21.0. The quantitative estimate of drug-likeness (QED) is 0.137. The van der Waals surface area contributed by atoms with Crippen LogP contribution in [0.5, 0.6) is 0 Å².